The number of aromatic nitrogens is 4. The van der Waals surface area contributed by atoms with E-state index < -0.39 is 37.0 Å². The normalized spacial score (nSPS) is 24.7. The molecule has 0 saturated carbocycles. The highest BCUT2D eigenvalue weighted by Gasteiger charge is 2.44. The summed E-state index contributed by atoms with van der Waals surface area (Å²) in [5.74, 6) is -0.454. The molecule has 1 saturated heterocycles. The van der Waals surface area contributed by atoms with Crippen LogP contribution < -0.4 is 5.73 Å². The van der Waals surface area contributed by atoms with E-state index in [4.69, 9.17) is 10.5 Å². The van der Waals surface area contributed by atoms with Crippen molar-refractivity contribution in [3.8, 4) is 0 Å². The quantitative estimate of drug-likeness (QED) is 0.446. The van der Waals surface area contributed by atoms with Crippen molar-refractivity contribution < 1.29 is 24.4 Å². The predicted octanol–water partition coefficient (Wildman–Crippen LogP) is 0.443. The number of halogens is 1. The van der Waals surface area contributed by atoms with Gasteiger partial charge in [-0.05, 0) is 6.07 Å². The fourth-order valence-corrected chi connectivity index (χ4v) is 3.07. The van der Waals surface area contributed by atoms with Gasteiger partial charge >= 0.3 is 0 Å². The lowest BCUT2D eigenvalue weighted by Gasteiger charge is -2.16. The molecule has 5 N–H and O–H groups in total. The molecule has 1 unspecified atom stereocenters. The first-order valence-corrected chi connectivity index (χ1v) is 8.73. The van der Waals surface area contributed by atoms with E-state index in [0.717, 1.165) is 0 Å². The number of anilines is 1. The van der Waals surface area contributed by atoms with Crippen LogP contribution in [0.15, 0.2) is 40.8 Å². The molecule has 12 heteroatoms. The molecular formula is C17H18FN7O4. The molecule has 3 heterocycles. The summed E-state index contributed by atoms with van der Waals surface area (Å²) in [5, 5.41) is 37.3. The summed E-state index contributed by atoms with van der Waals surface area (Å²) >= 11 is 0. The van der Waals surface area contributed by atoms with Crippen LogP contribution in [0.25, 0.3) is 11.2 Å². The maximum atomic E-state index is 13.7. The molecule has 29 heavy (non-hydrogen) atoms. The largest absolute Gasteiger partial charge is 0.394 e. The molecule has 0 amide bonds. The summed E-state index contributed by atoms with van der Waals surface area (Å²) in [4.78, 5) is 12.3. The Bertz CT molecular complexity index is 1060. The number of imidazole rings is 1. The van der Waals surface area contributed by atoms with Crippen molar-refractivity contribution in [1.29, 1.82) is 0 Å². The molecule has 152 valence electrons. The zero-order valence-electron chi connectivity index (χ0n) is 15.0. The van der Waals surface area contributed by atoms with E-state index in [9.17, 15) is 19.7 Å². The number of nitrogen functional groups attached to an aromatic ring is 1. The zero-order chi connectivity index (χ0) is 20.5. The minimum Gasteiger partial charge on any atom is -0.394 e. The lowest BCUT2D eigenvalue weighted by Crippen LogP contribution is -2.33. The standard InChI is InChI=1S/C17H18FN7O4/c18-9-4-2-1-3-8(9)5-21-24-17-22-14(19)11-15(23-17)25(7-20-11)16-13(28)12(27)10(6-26)29-16/h1-4,7,10,12-13,16,26-28H,5-6H2,(H2,19,22,23)/t10-,12-,13-,16?/m1/s1. The molecule has 0 radical (unpaired) electrons. The Labute approximate surface area is 163 Å². The van der Waals surface area contributed by atoms with E-state index >= 15 is 0 Å². The number of rotatable bonds is 5. The first-order chi connectivity index (χ1) is 14.0. The molecule has 1 fully saturated rings. The van der Waals surface area contributed by atoms with Gasteiger partial charge in [0, 0.05) is 5.56 Å². The number of nitrogens with zero attached hydrogens (tertiary/aromatic N) is 6. The molecule has 4 atom stereocenters. The van der Waals surface area contributed by atoms with Gasteiger partial charge in [-0.1, -0.05) is 18.2 Å². The van der Waals surface area contributed by atoms with Gasteiger partial charge in [0.05, 0.1) is 19.5 Å². The van der Waals surface area contributed by atoms with E-state index in [-0.39, 0.29) is 29.5 Å². The van der Waals surface area contributed by atoms with Crippen molar-refractivity contribution in [2.45, 2.75) is 31.1 Å². The summed E-state index contributed by atoms with van der Waals surface area (Å²) in [6.07, 6.45) is -3.25. The Balaban J connectivity index is 1.63. The van der Waals surface area contributed by atoms with Crippen LogP contribution in [0.3, 0.4) is 0 Å². The highest BCUT2D eigenvalue weighted by atomic mass is 19.1. The number of hydrogen-bond acceptors (Lipinski definition) is 10. The first-order valence-electron chi connectivity index (χ1n) is 8.73. The smallest absolute Gasteiger partial charge is 0.272 e. The number of aliphatic hydroxyl groups excluding tert-OH is 3. The number of aliphatic hydroxyl groups is 3. The van der Waals surface area contributed by atoms with Crippen molar-refractivity contribution in [3.05, 3.63) is 42.0 Å². The number of ether oxygens (including phenoxy) is 1. The topological polar surface area (TPSA) is 164 Å². The number of fused-ring (bicyclic) bond motifs is 1. The van der Waals surface area contributed by atoms with E-state index in [2.05, 4.69) is 25.2 Å². The van der Waals surface area contributed by atoms with Gasteiger partial charge in [0.25, 0.3) is 5.95 Å². The lowest BCUT2D eigenvalue weighted by atomic mass is 10.1. The minimum absolute atomic E-state index is 0.0118. The van der Waals surface area contributed by atoms with Crippen LogP contribution in [0, 0.1) is 5.82 Å². The van der Waals surface area contributed by atoms with Gasteiger partial charge in [-0.25, -0.2) is 9.37 Å². The van der Waals surface area contributed by atoms with Crippen molar-refractivity contribution in [1.82, 2.24) is 19.5 Å². The summed E-state index contributed by atoms with van der Waals surface area (Å²) in [6, 6.07) is 6.18. The fraction of sp³-hybridized carbons (Fsp3) is 0.353. The highest BCUT2D eigenvalue weighted by Crippen LogP contribution is 2.32. The van der Waals surface area contributed by atoms with Gasteiger partial charge in [0.1, 0.15) is 29.6 Å². The van der Waals surface area contributed by atoms with Crippen molar-refractivity contribution in [2.75, 3.05) is 12.3 Å². The zero-order valence-corrected chi connectivity index (χ0v) is 15.0. The van der Waals surface area contributed by atoms with Crippen LogP contribution >= 0.6 is 0 Å². The molecule has 1 aliphatic rings. The minimum atomic E-state index is -1.31. The Kier molecular flexibility index (Phi) is 5.15. The van der Waals surface area contributed by atoms with Crippen LogP contribution in [0.2, 0.25) is 0 Å². The fourth-order valence-electron chi connectivity index (χ4n) is 3.07. The van der Waals surface area contributed by atoms with Crippen LogP contribution in [-0.4, -0.2) is 59.8 Å². The third kappa shape index (κ3) is 3.53. The van der Waals surface area contributed by atoms with E-state index in [1.54, 1.807) is 18.2 Å². The highest BCUT2D eigenvalue weighted by molar-refractivity contribution is 5.82. The van der Waals surface area contributed by atoms with Gasteiger partial charge in [0.15, 0.2) is 17.7 Å². The van der Waals surface area contributed by atoms with E-state index in [1.165, 1.54) is 17.0 Å². The Morgan fingerprint density at radius 1 is 1.21 bits per heavy atom. The third-order valence-corrected chi connectivity index (χ3v) is 4.59. The van der Waals surface area contributed by atoms with Gasteiger partial charge < -0.3 is 25.8 Å². The van der Waals surface area contributed by atoms with E-state index in [1.807, 2.05) is 0 Å². The summed E-state index contributed by atoms with van der Waals surface area (Å²) in [7, 11) is 0. The second kappa shape index (κ2) is 7.75. The van der Waals surface area contributed by atoms with Gasteiger partial charge in [0.2, 0.25) is 0 Å². The Morgan fingerprint density at radius 3 is 2.72 bits per heavy atom. The number of nitrogens with two attached hydrogens (primary N) is 1. The number of benzene rings is 1. The molecule has 4 rings (SSSR count). The van der Waals surface area contributed by atoms with Crippen molar-refractivity contribution in [2.24, 2.45) is 10.2 Å². The number of hydrogen-bond donors (Lipinski definition) is 4. The Hall–Kier alpha value is -3.06. The summed E-state index contributed by atoms with van der Waals surface area (Å²) in [6.45, 7) is -0.476. The molecule has 0 aliphatic carbocycles. The van der Waals surface area contributed by atoms with Crippen LogP contribution in [0.1, 0.15) is 11.8 Å². The monoisotopic (exact) mass is 403 g/mol. The molecule has 2 aromatic heterocycles. The lowest BCUT2D eigenvalue weighted by molar-refractivity contribution is -0.0511. The third-order valence-electron chi connectivity index (χ3n) is 4.59. The van der Waals surface area contributed by atoms with Crippen molar-refractivity contribution in [3.63, 3.8) is 0 Å². The maximum absolute atomic E-state index is 13.7. The van der Waals surface area contributed by atoms with Crippen LogP contribution in [0.4, 0.5) is 16.2 Å². The van der Waals surface area contributed by atoms with Gasteiger partial charge in [-0.15, -0.1) is 5.11 Å². The maximum Gasteiger partial charge on any atom is 0.272 e. The van der Waals surface area contributed by atoms with Crippen LogP contribution in [-0.2, 0) is 11.3 Å². The molecule has 0 spiro atoms. The average molecular weight is 403 g/mol. The molecule has 1 aliphatic heterocycles. The molecule has 11 nitrogen and oxygen atoms in total. The van der Waals surface area contributed by atoms with Gasteiger partial charge in [-0.2, -0.15) is 15.1 Å². The van der Waals surface area contributed by atoms with Crippen LogP contribution in [0.5, 0.6) is 0 Å². The average Bonchev–Trinajstić information content (AvgIpc) is 3.25. The summed E-state index contributed by atoms with van der Waals surface area (Å²) in [5.41, 5.74) is 6.72. The van der Waals surface area contributed by atoms with E-state index in [0.29, 0.717) is 5.56 Å². The second-order valence-electron chi connectivity index (χ2n) is 6.45. The summed E-state index contributed by atoms with van der Waals surface area (Å²) < 4.78 is 20.5. The Morgan fingerprint density at radius 2 is 2.00 bits per heavy atom. The molecule has 0 bridgehead atoms. The SMILES string of the molecule is Nc1nc(N=NCc2ccccc2F)nc2c1ncn2C1O[C@H](CO)[C@@H](O)[C@H]1O. The number of azo groups is 1. The predicted molar refractivity (Wildman–Crippen MR) is 97.4 cm³/mol. The van der Waals surface area contributed by atoms with Crippen molar-refractivity contribution >= 4 is 22.9 Å². The molecule has 3 aromatic rings. The van der Waals surface area contributed by atoms with Gasteiger partial charge in [-0.3, -0.25) is 4.57 Å². The molecular weight excluding hydrogens is 385 g/mol. The second-order valence-corrected chi connectivity index (χ2v) is 6.45. The first kappa shape index (κ1) is 19.3. The molecule has 1 aromatic carbocycles.